The summed E-state index contributed by atoms with van der Waals surface area (Å²) >= 11 is 0. The van der Waals surface area contributed by atoms with Crippen LogP contribution in [-0.2, 0) is 5.79 Å². The molecule has 0 saturated carbocycles. The third-order valence-corrected chi connectivity index (χ3v) is 6.22. The van der Waals surface area contributed by atoms with Crippen molar-refractivity contribution in [2.45, 2.75) is 39.4 Å². The topological polar surface area (TPSA) is 44.8 Å². The van der Waals surface area contributed by atoms with Crippen LogP contribution < -0.4 is 14.2 Å². The number of carbonyl (C=O) groups is 1. The number of benzene rings is 3. The molecule has 0 radical (unpaired) electrons. The molecule has 172 valence electrons. The smallest absolute Gasteiger partial charge is 0.299 e. The maximum Gasteiger partial charge on any atom is 0.299 e. The summed E-state index contributed by atoms with van der Waals surface area (Å²) in [5, 5.41) is 1.98. The van der Waals surface area contributed by atoms with Gasteiger partial charge in [0.15, 0.2) is 5.78 Å². The van der Waals surface area contributed by atoms with Gasteiger partial charge in [0.2, 0.25) is 0 Å². The number of ketones is 1. The summed E-state index contributed by atoms with van der Waals surface area (Å²) in [5.41, 5.74) is 3.71. The molecule has 1 spiro atoms. The van der Waals surface area contributed by atoms with Crippen molar-refractivity contribution < 1.29 is 19.0 Å². The van der Waals surface area contributed by atoms with E-state index in [4.69, 9.17) is 14.2 Å². The second kappa shape index (κ2) is 8.86. The molecule has 5 rings (SSSR count). The van der Waals surface area contributed by atoms with Crippen LogP contribution in [0.4, 0.5) is 0 Å². The zero-order valence-electron chi connectivity index (χ0n) is 19.8. The molecule has 0 atom stereocenters. The van der Waals surface area contributed by atoms with Crippen LogP contribution in [0.5, 0.6) is 17.2 Å². The van der Waals surface area contributed by atoms with Gasteiger partial charge in [0.25, 0.3) is 5.79 Å². The molecule has 1 aliphatic carbocycles. The van der Waals surface area contributed by atoms with Gasteiger partial charge >= 0.3 is 0 Å². The van der Waals surface area contributed by atoms with Crippen LogP contribution in [0.1, 0.15) is 49.5 Å². The Hall–Kier alpha value is -3.79. The third kappa shape index (κ3) is 4.01. The van der Waals surface area contributed by atoms with E-state index in [-0.39, 0.29) is 5.78 Å². The average molecular weight is 453 g/mol. The number of rotatable bonds is 6. The summed E-state index contributed by atoms with van der Waals surface area (Å²) in [4.78, 5) is 13.0. The minimum atomic E-state index is -1.22. The summed E-state index contributed by atoms with van der Waals surface area (Å²) in [7, 11) is 0. The van der Waals surface area contributed by atoms with E-state index < -0.39 is 5.79 Å². The SMILES string of the molecule is CC(C)=CCC/C(C)=C/COc1cccc2c1C(=O)C=CC21Oc2cccc3cccc(c23)O1. The molecule has 3 aromatic carbocycles. The van der Waals surface area contributed by atoms with Crippen molar-refractivity contribution in [1.82, 2.24) is 0 Å². The molecular formula is C30H28O4. The zero-order valence-corrected chi connectivity index (χ0v) is 19.8. The lowest BCUT2D eigenvalue weighted by Crippen LogP contribution is -2.42. The Morgan fingerprint density at radius 2 is 1.65 bits per heavy atom. The molecule has 1 heterocycles. The number of fused-ring (bicyclic) bond motifs is 2. The van der Waals surface area contributed by atoms with Crippen LogP contribution >= 0.6 is 0 Å². The second-order valence-corrected chi connectivity index (χ2v) is 9.04. The maximum atomic E-state index is 13.0. The summed E-state index contributed by atoms with van der Waals surface area (Å²) < 4.78 is 18.9. The van der Waals surface area contributed by atoms with Crippen LogP contribution in [-0.4, -0.2) is 12.4 Å². The van der Waals surface area contributed by atoms with Crippen molar-refractivity contribution in [1.29, 1.82) is 0 Å². The van der Waals surface area contributed by atoms with Crippen molar-refractivity contribution in [3.05, 3.63) is 101 Å². The van der Waals surface area contributed by atoms with Gasteiger partial charge in [-0.25, -0.2) is 0 Å². The number of hydrogen-bond donors (Lipinski definition) is 0. The molecule has 0 unspecified atom stereocenters. The van der Waals surface area contributed by atoms with Crippen molar-refractivity contribution in [2.24, 2.45) is 0 Å². The molecule has 3 aromatic rings. The highest BCUT2D eigenvalue weighted by atomic mass is 16.7. The van der Waals surface area contributed by atoms with E-state index in [1.165, 1.54) is 17.2 Å². The predicted molar refractivity (Wildman–Crippen MR) is 135 cm³/mol. The van der Waals surface area contributed by atoms with E-state index in [1.807, 2.05) is 54.6 Å². The molecule has 2 aliphatic rings. The van der Waals surface area contributed by atoms with Crippen LogP contribution in [0.15, 0.2) is 90.0 Å². The fraction of sp³-hybridized carbons (Fsp3) is 0.233. The Balaban J connectivity index is 1.44. The van der Waals surface area contributed by atoms with E-state index >= 15 is 0 Å². The Morgan fingerprint density at radius 3 is 2.35 bits per heavy atom. The molecular weight excluding hydrogens is 424 g/mol. The Kier molecular flexibility index (Phi) is 5.74. The number of hydrogen-bond acceptors (Lipinski definition) is 4. The molecule has 0 N–H and O–H groups in total. The highest BCUT2D eigenvalue weighted by Crippen LogP contribution is 2.48. The Morgan fingerprint density at radius 1 is 0.941 bits per heavy atom. The van der Waals surface area contributed by atoms with Crippen LogP contribution in [0.25, 0.3) is 10.8 Å². The molecule has 0 saturated heterocycles. The summed E-state index contributed by atoms with van der Waals surface area (Å²) in [6.07, 6.45) is 9.52. The van der Waals surface area contributed by atoms with Crippen LogP contribution in [0.3, 0.4) is 0 Å². The number of ether oxygens (including phenoxy) is 3. The lowest BCUT2D eigenvalue weighted by molar-refractivity contribution is -0.0840. The fourth-order valence-electron chi connectivity index (χ4n) is 4.49. The minimum Gasteiger partial charge on any atom is -0.489 e. The highest BCUT2D eigenvalue weighted by molar-refractivity contribution is 6.09. The van der Waals surface area contributed by atoms with Crippen molar-refractivity contribution >= 4 is 16.6 Å². The van der Waals surface area contributed by atoms with Gasteiger partial charge in [-0.2, -0.15) is 0 Å². The van der Waals surface area contributed by atoms with E-state index in [2.05, 4.69) is 32.9 Å². The van der Waals surface area contributed by atoms with Gasteiger partial charge in [-0.3, -0.25) is 4.79 Å². The first-order valence-electron chi connectivity index (χ1n) is 11.7. The van der Waals surface area contributed by atoms with E-state index in [1.54, 1.807) is 6.08 Å². The minimum absolute atomic E-state index is 0.121. The molecule has 34 heavy (non-hydrogen) atoms. The third-order valence-electron chi connectivity index (χ3n) is 6.22. The molecule has 0 fully saturated rings. The van der Waals surface area contributed by atoms with Crippen molar-refractivity contribution in [3.8, 4) is 17.2 Å². The first kappa shape index (κ1) is 22.0. The Labute approximate surface area is 200 Å². The van der Waals surface area contributed by atoms with Gasteiger partial charge < -0.3 is 14.2 Å². The average Bonchev–Trinajstić information content (AvgIpc) is 2.82. The van der Waals surface area contributed by atoms with Gasteiger partial charge in [0.1, 0.15) is 23.9 Å². The van der Waals surface area contributed by atoms with E-state index in [9.17, 15) is 4.79 Å². The van der Waals surface area contributed by atoms with E-state index in [0.717, 1.165) is 35.1 Å². The number of allylic oxidation sites excluding steroid dienone is 4. The monoisotopic (exact) mass is 452 g/mol. The normalized spacial score (nSPS) is 15.5. The zero-order chi connectivity index (χ0) is 23.7. The lowest BCUT2D eigenvalue weighted by Gasteiger charge is -2.39. The van der Waals surface area contributed by atoms with Gasteiger partial charge in [-0.15, -0.1) is 0 Å². The van der Waals surface area contributed by atoms with Crippen LogP contribution in [0.2, 0.25) is 0 Å². The number of carbonyl (C=O) groups excluding carboxylic acids is 1. The standard InChI is InChI=1S/C30H28O4/c1-20(2)8-4-9-21(3)17-19-32-25-13-7-12-23-29(25)24(31)16-18-30(23)33-26-14-5-10-22-11-6-15-27(34-30)28(22)26/h5-8,10-18H,4,9,19H2,1-3H3/b21-17+. The van der Waals surface area contributed by atoms with Gasteiger partial charge in [0, 0.05) is 6.08 Å². The van der Waals surface area contributed by atoms with Gasteiger partial charge in [-0.1, -0.05) is 47.6 Å². The first-order chi connectivity index (χ1) is 16.5. The molecule has 0 amide bonds. The molecule has 4 nitrogen and oxygen atoms in total. The molecule has 0 bridgehead atoms. The highest BCUT2D eigenvalue weighted by Gasteiger charge is 2.45. The largest absolute Gasteiger partial charge is 0.489 e. The molecule has 4 heteroatoms. The quantitative estimate of drug-likeness (QED) is 0.369. The lowest BCUT2D eigenvalue weighted by atomic mass is 9.89. The molecule has 1 aliphatic heterocycles. The molecule has 0 aromatic heterocycles. The first-order valence-corrected chi connectivity index (χ1v) is 11.7. The van der Waals surface area contributed by atoms with Crippen molar-refractivity contribution in [2.75, 3.05) is 6.61 Å². The van der Waals surface area contributed by atoms with E-state index in [0.29, 0.717) is 23.5 Å². The predicted octanol–water partition coefficient (Wildman–Crippen LogP) is 7.29. The van der Waals surface area contributed by atoms with Crippen LogP contribution in [0, 0.1) is 0 Å². The maximum absolute atomic E-state index is 13.0. The Bertz CT molecular complexity index is 1310. The van der Waals surface area contributed by atoms with Gasteiger partial charge in [-0.05, 0) is 75.4 Å². The summed E-state index contributed by atoms with van der Waals surface area (Å²) in [5.74, 6) is 0.645. The second-order valence-electron chi connectivity index (χ2n) is 9.04. The fourth-order valence-corrected chi connectivity index (χ4v) is 4.49. The van der Waals surface area contributed by atoms with Crippen molar-refractivity contribution in [3.63, 3.8) is 0 Å². The summed E-state index contributed by atoms with van der Waals surface area (Å²) in [6, 6.07) is 17.4. The summed E-state index contributed by atoms with van der Waals surface area (Å²) in [6.45, 7) is 6.72. The van der Waals surface area contributed by atoms with Gasteiger partial charge in [0.05, 0.1) is 16.5 Å².